The van der Waals surface area contributed by atoms with Crippen LogP contribution in [0.15, 0.2) is 79.4 Å². The second-order valence-corrected chi connectivity index (χ2v) is 13.5. The topological polar surface area (TPSA) is 158 Å². The normalized spacial score (nSPS) is 23.8. The Labute approximate surface area is 292 Å². The molecule has 2 aliphatic rings. The van der Waals surface area contributed by atoms with Crippen molar-refractivity contribution in [2.45, 2.75) is 87.5 Å². The number of nitrogens with one attached hydrogen (secondary N) is 2. The summed E-state index contributed by atoms with van der Waals surface area (Å²) in [5.74, 6) is -1.71. The maximum Gasteiger partial charge on any atom is 0.490 e. The predicted octanol–water partition coefficient (Wildman–Crippen LogP) is 5.28. The SMILES string of the molecule is Cc1cnn([C@H]2C[C@@H](n3cnc4c(NCC(c5ccccc5)c5ccccc5)nc(NC5CCC(N)CC5)nc43)[C@H](OC(=O)C(F)(F)F)C2O)c1. The number of hydrogen-bond donors (Lipinski definition) is 4. The number of halogens is 3. The van der Waals surface area contributed by atoms with Crippen LogP contribution in [0.25, 0.3) is 11.2 Å². The third-order valence-electron chi connectivity index (χ3n) is 9.90. The van der Waals surface area contributed by atoms with Crippen LogP contribution in [0.4, 0.5) is 24.9 Å². The third kappa shape index (κ3) is 7.40. The van der Waals surface area contributed by atoms with Crippen molar-refractivity contribution in [3.63, 3.8) is 0 Å². The van der Waals surface area contributed by atoms with Crippen LogP contribution < -0.4 is 16.4 Å². The van der Waals surface area contributed by atoms with E-state index >= 15 is 0 Å². The predicted molar refractivity (Wildman–Crippen MR) is 184 cm³/mol. The molecule has 15 heteroatoms. The van der Waals surface area contributed by atoms with Gasteiger partial charge in [-0.05, 0) is 55.7 Å². The molecule has 3 aromatic heterocycles. The highest BCUT2D eigenvalue weighted by atomic mass is 19.4. The van der Waals surface area contributed by atoms with Crippen molar-refractivity contribution >= 4 is 28.9 Å². The lowest BCUT2D eigenvalue weighted by molar-refractivity contribution is -0.210. The largest absolute Gasteiger partial charge is 0.490 e. The number of imidazole rings is 1. The Balaban J connectivity index is 1.27. The van der Waals surface area contributed by atoms with Crippen LogP contribution in [-0.2, 0) is 9.53 Å². The minimum Gasteiger partial charge on any atom is -0.451 e. The average molecular weight is 704 g/mol. The maximum atomic E-state index is 13.5. The van der Waals surface area contributed by atoms with Gasteiger partial charge in [0, 0.05) is 30.7 Å². The summed E-state index contributed by atoms with van der Waals surface area (Å²) < 4.78 is 48.5. The van der Waals surface area contributed by atoms with E-state index < -0.39 is 36.4 Å². The van der Waals surface area contributed by atoms with Crippen LogP contribution in [0.3, 0.4) is 0 Å². The fourth-order valence-electron chi connectivity index (χ4n) is 7.25. The molecule has 0 radical (unpaired) electrons. The number of benzene rings is 2. The standard InChI is InChI=1S/C36H40F3N9O3/c1-21-17-43-48(19-21)27-16-28(31(30(27)49)51-34(50)36(37,38)39)47-20-42-29-32(45-35(46-33(29)47)44-25-14-12-24(40)13-15-25)41-18-26(22-8-4-2-5-9-22)23-10-6-3-7-11-23/h2-11,17,19-20,24-28,30-31,49H,12-16,18,40H2,1H3,(H2,41,44,45,46)/t24?,25?,27-,28+,30?,31-/m0/s1. The van der Waals surface area contributed by atoms with E-state index in [1.165, 1.54) is 11.0 Å². The molecule has 0 saturated heterocycles. The van der Waals surface area contributed by atoms with Gasteiger partial charge in [-0.3, -0.25) is 4.68 Å². The van der Waals surface area contributed by atoms with E-state index in [9.17, 15) is 23.1 Å². The average Bonchev–Trinajstić information content (AvgIpc) is 3.83. The lowest BCUT2D eigenvalue weighted by Crippen LogP contribution is -2.39. The smallest absolute Gasteiger partial charge is 0.451 e. The lowest BCUT2D eigenvalue weighted by atomic mass is 9.91. The van der Waals surface area contributed by atoms with Gasteiger partial charge in [-0.15, -0.1) is 0 Å². The Hall–Kier alpha value is -5.02. The number of aryl methyl sites for hydroxylation is 1. The van der Waals surface area contributed by atoms with Crippen molar-refractivity contribution < 1.29 is 27.8 Å². The van der Waals surface area contributed by atoms with E-state index in [0.29, 0.717) is 29.5 Å². The summed E-state index contributed by atoms with van der Waals surface area (Å²) in [6.45, 7) is 2.26. The first kappa shape index (κ1) is 34.4. The molecule has 2 saturated carbocycles. The van der Waals surface area contributed by atoms with Crippen molar-refractivity contribution in [3.8, 4) is 0 Å². The van der Waals surface area contributed by atoms with E-state index in [0.717, 1.165) is 42.4 Å². The van der Waals surface area contributed by atoms with Crippen LogP contribution in [-0.4, -0.2) is 77.4 Å². The summed E-state index contributed by atoms with van der Waals surface area (Å²) in [4.78, 5) is 26.5. The number of carbonyl (C=O) groups is 1. The van der Waals surface area contributed by atoms with Crippen LogP contribution in [0.2, 0.25) is 0 Å². The van der Waals surface area contributed by atoms with E-state index in [2.05, 4.69) is 45.0 Å². The molecule has 0 amide bonds. The maximum absolute atomic E-state index is 13.5. The molecule has 2 aliphatic carbocycles. The van der Waals surface area contributed by atoms with Crippen LogP contribution >= 0.6 is 0 Å². The fraction of sp³-hybridized carbons (Fsp3) is 0.417. The summed E-state index contributed by atoms with van der Waals surface area (Å²) in [6, 6.07) is 18.6. The summed E-state index contributed by atoms with van der Waals surface area (Å²) in [6.07, 6.45) is -0.188. The summed E-state index contributed by atoms with van der Waals surface area (Å²) in [7, 11) is 0. The number of hydrogen-bond acceptors (Lipinski definition) is 10. The molecule has 0 spiro atoms. The molecule has 0 bridgehead atoms. The van der Waals surface area contributed by atoms with E-state index in [1.54, 1.807) is 17.0 Å². The highest BCUT2D eigenvalue weighted by molar-refractivity contribution is 5.84. The van der Waals surface area contributed by atoms with Gasteiger partial charge in [0.1, 0.15) is 6.10 Å². The molecule has 12 nitrogen and oxygen atoms in total. The molecule has 4 atom stereocenters. The van der Waals surface area contributed by atoms with Gasteiger partial charge in [-0.25, -0.2) is 9.78 Å². The highest BCUT2D eigenvalue weighted by Crippen LogP contribution is 2.42. The molecule has 0 aliphatic heterocycles. The molecule has 51 heavy (non-hydrogen) atoms. The Kier molecular flexibility index (Phi) is 9.66. The van der Waals surface area contributed by atoms with Gasteiger partial charge in [-0.1, -0.05) is 60.7 Å². The zero-order chi connectivity index (χ0) is 35.7. The second-order valence-electron chi connectivity index (χ2n) is 13.5. The molecule has 1 unspecified atom stereocenters. The van der Waals surface area contributed by atoms with Crippen molar-refractivity contribution in [3.05, 3.63) is 96.1 Å². The van der Waals surface area contributed by atoms with Gasteiger partial charge in [-0.2, -0.15) is 28.2 Å². The first-order valence-corrected chi connectivity index (χ1v) is 17.1. The zero-order valence-electron chi connectivity index (χ0n) is 27.9. The van der Waals surface area contributed by atoms with Crippen LogP contribution in [0.5, 0.6) is 0 Å². The number of carbonyl (C=O) groups excluding carboxylic acids is 1. The van der Waals surface area contributed by atoms with Crippen LogP contribution in [0, 0.1) is 6.92 Å². The van der Waals surface area contributed by atoms with Gasteiger partial charge >= 0.3 is 12.1 Å². The minimum atomic E-state index is -5.26. The first-order valence-electron chi connectivity index (χ1n) is 17.1. The van der Waals surface area contributed by atoms with Gasteiger partial charge in [0.15, 0.2) is 23.1 Å². The number of fused-ring (bicyclic) bond motifs is 1. The van der Waals surface area contributed by atoms with Gasteiger partial charge in [0.25, 0.3) is 0 Å². The van der Waals surface area contributed by atoms with Crippen LogP contribution in [0.1, 0.15) is 66.8 Å². The number of aromatic nitrogens is 6. The quantitative estimate of drug-likeness (QED) is 0.141. The highest BCUT2D eigenvalue weighted by Gasteiger charge is 2.51. The number of aliphatic hydroxyl groups is 1. The van der Waals surface area contributed by atoms with Crippen molar-refractivity contribution in [1.82, 2.24) is 29.3 Å². The Morgan fingerprint density at radius 2 is 1.69 bits per heavy atom. The molecule has 7 rings (SSSR count). The van der Waals surface area contributed by atoms with Gasteiger partial charge in [0.05, 0.1) is 24.6 Å². The first-order chi connectivity index (χ1) is 24.5. The Morgan fingerprint density at radius 1 is 1.02 bits per heavy atom. The van der Waals surface area contributed by atoms with Gasteiger partial charge in [0.2, 0.25) is 5.95 Å². The molecule has 2 aromatic carbocycles. The number of anilines is 2. The Morgan fingerprint density at radius 3 is 2.29 bits per heavy atom. The molecule has 5 aromatic rings. The minimum absolute atomic E-state index is 0.0508. The molecule has 5 N–H and O–H groups in total. The summed E-state index contributed by atoms with van der Waals surface area (Å²) in [5.41, 5.74) is 9.83. The number of ether oxygens (including phenoxy) is 1. The number of alkyl halides is 3. The molecule has 268 valence electrons. The molecule has 2 fully saturated rings. The molecular formula is C36H40F3N9O3. The van der Waals surface area contributed by atoms with Crippen molar-refractivity contribution in [2.75, 3.05) is 17.2 Å². The number of aliphatic hydroxyl groups excluding tert-OH is 1. The number of nitrogens with two attached hydrogens (primary N) is 1. The van der Waals surface area contributed by atoms with Crippen molar-refractivity contribution in [1.29, 1.82) is 0 Å². The third-order valence-corrected chi connectivity index (χ3v) is 9.90. The van der Waals surface area contributed by atoms with Gasteiger partial charge < -0.3 is 30.8 Å². The Bertz CT molecular complexity index is 1910. The molecular weight excluding hydrogens is 663 g/mol. The lowest BCUT2D eigenvalue weighted by Gasteiger charge is -2.27. The molecule has 3 heterocycles. The second kappa shape index (κ2) is 14.3. The van der Waals surface area contributed by atoms with E-state index in [4.69, 9.17) is 20.4 Å². The number of rotatable bonds is 10. The van der Waals surface area contributed by atoms with E-state index in [1.807, 2.05) is 43.3 Å². The number of esters is 1. The zero-order valence-corrected chi connectivity index (χ0v) is 27.9. The summed E-state index contributed by atoms with van der Waals surface area (Å²) >= 11 is 0. The van der Waals surface area contributed by atoms with E-state index in [-0.39, 0.29) is 24.4 Å². The summed E-state index contributed by atoms with van der Waals surface area (Å²) in [5, 5.41) is 22.6. The fourth-order valence-corrected chi connectivity index (χ4v) is 7.25. The monoisotopic (exact) mass is 703 g/mol. The number of nitrogens with zero attached hydrogens (tertiary/aromatic N) is 6. The van der Waals surface area contributed by atoms with Crippen molar-refractivity contribution in [2.24, 2.45) is 5.73 Å².